The molecule has 2 aromatic rings. The van der Waals surface area contributed by atoms with Crippen LogP contribution in [0.2, 0.25) is 0 Å². The average Bonchev–Trinajstić information content (AvgIpc) is 3.06. The smallest absolute Gasteiger partial charge is 0.230 e. The zero-order chi connectivity index (χ0) is 18.2. The number of hydrogen-bond donors (Lipinski definition) is 1. The Morgan fingerprint density at radius 1 is 0.815 bits per heavy atom. The molecule has 1 aromatic carbocycles. The molecule has 3 aliphatic heterocycles. The molecule has 0 aliphatic carbocycles. The molecule has 3 fully saturated rings. The van der Waals surface area contributed by atoms with E-state index in [-0.39, 0.29) is 0 Å². The lowest BCUT2D eigenvalue weighted by atomic mass is 10.1. The Balaban J connectivity index is 1.52. The van der Waals surface area contributed by atoms with Crippen molar-refractivity contribution in [3.8, 4) is 11.4 Å². The number of benzene rings is 1. The quantitative estimate of drug-likeness (QED) is 0.836. The van der Waals surface area contributed by atoms with Gasteiger partial charge in [0.15, 0.2) is 5.82 Å². The molecule has 2 bridgehead atoms. The molecule has 2 atom stereocenters. The highest BCUT2D eigenvalue weighted by Gasteiger charge is 2.35. The van der Waals surface area contributed by atoms with Crippen molar-refractivity contribution < 1.29 is 4.74 Å². The Morgan fingerprint density at radius 2 is 1.44 bits per heavy atom. The molecule has 0 amide bonds. The van der Waals surface area contributed by atoms with Gasteiger partial charge in [-0.25, -0.2) is 0 Å². The van der Waals surface area contributed by atoms with Crippen molar-refractivity contribution in [1.29, 1.82) is 0 Å². The molecule has 7 nitrogen and oxygen atoms in total. The number of ether oxygens (including phenoxy) is 1. The van der Waals surface area contributed by atoms with Gasteiger partial charge in [-0.2, -0.15) is 15.0 Å². The number of aromatic nitrogens is 3. The summed E-state index contributed by atoms with van der Waals surface area (Å²) in [4.78, 5) is 19.1. The standard InChI is InChI=1S/C20H26N6O/c21-15-6-4-14(5-7-15)18-22-19(25-10-2-1-3-11-25)24-20(23-18)26-12-16-8-9-17(13-26)27-16/h4-7,16-17H,1-3,8-13,21H2. The van der Waals surface area contributed by atoms with Crippen molar-refractivity contribution in [3.63, 3.8) is 0 Å². The van der Waals surface area contributed by atoms with Gasteiger partial charge < -0.3 is 20.3 Å². The van der Waals surface area contributed by atoms with Crippen LogP contribution >= 0.6 is 0 Å². The van der Waals surface area contributed by atoms with Gasteiger partial charge in [0.1, 0.15) is 0 Å². The summed E-state index contributed by atoms with van der Waals surface area (Å²) in [6, 6.07) is 7.76. The van der Waals surface area contributed by atoms with E-state index < -0.39 is 0 Å². The first kappa shape index (κ1) is 16.7. The first-order valence-electron chi connectivity index (χ1n) is 10.0. The molecule has 2 N–H and O–H groups in total. The van der Waals surface area contributed by atoms with E-state index in [0.717, 1.165) is 68.0 Å². The summed E-state index contributed by atoms with van der Waals surface area (Å²) in [5, 5.41) is 0. The Kier molecular flexibility index (Phi) is 4.32. The minimum atomic E-state index is 0.305. The van der Waals surface area contributed by atoms with Crippen LogP contribution in [-0.4, -0.2) is 53.3 Å². The van der Waals surface area contributed by atoms with E-state index in [2.05, 4.69) is 9.80 Å². The predicted octanol–water partition coefficient (Wildman–Crippen LogP) is 2.48. The normalized spacial score (nSPS) is 25.0. The van der Waals surface area contributed by atoms with Crippen LogP contribution in [0.15, 0.2) is 24.3 Å². The molecule has 7 heteroatoms. The summed E-state index contributed by atoms with van der Waals surface area (Å²) in [7, 11) is 0. The molecule has 1 aromatic heterocycles. The highest BCUT2D eigenvalue weighted by molar-refractivity contribution is 5.61. The maximum absolute atomic E-state index is 5.99. The van der Waals surface area contributed by atoms with Crippen molar-refractivity contribution in [3.05, 3.63) is 24.3 Å². The topological polar surface area (TPSA) is 80.4 Å². The molecule has 2 unspecified atom stereocenters. The number of rotatable bonds is 3. The highest BCUT2D eigenvalue weighted by atomic mass is 16.5. The Hall–Kier alpha value is -2.41. The number of fused-ring (bicyclic) bond motifs is 2. The van der Waals surface area contributed by atoms with Crippen LogP contribution in [0.4, 0.5) is 17.6 Å². The molecule has 27 heavy (non-hydrogen) atoms. The Bertz CT molecular complexity index is 793. The zero-order valence-corrected chi connectivity index (χ0v) is 15.5. The van der Waals surface area contributed by atoms with Crippen molar-refractivity contribution in [2.45, 2.75) is 44.3 Å². The number of anilines is 3. The second-order valence-corrected chi connectivity index (χ2v) is 7.79. The van der Waals surface area contributed by atoms with Crippen molar-refractivity contribution in [2.75, 3.05) is 41.7 Å². The number of nitrogen functional groups attached to an aromatic ring is 1. The molecule has 3 aliphatic rings. The predicted molar refractivity (Wildman–Crippen MR) is 106 cm³/mol. The minimum absolute atomic E-state index is 0.305. The molecule has 0 saturated carbocycles. The first-order chi connectivity index (χ1) is 13.2. The van der Waals surface area contributed by atoms with Crippen LogP contribution in [0.1, 0.15) is 32.1 Å². The molecule has 4 heterocycles. The Morgan fingerprint density at radius 3 is 2.11 bits per heavy atom. The number of hydrogen-bond acceptors (Lipinski definition) is 7. The summed E-state index contributed by atoms with van der Waals surface area (Å²) in [5.74, 6) is 2.29. The summed E-state index contributed by atoms with van der Waals surface area (Å²) in [5.41, 5.74) is 7.57. The van der Waals surface area contributed by atoms with Gasteiger partial charge in [-0.3, -0.25) is 0 Å². The van der Waals surface area contributed by atoms with E-state index in [1.54, 1.807) is 0 Å². The fraction of sp³-hybridized carbons (Fsp3) is 0.550. The van der Waals surface area contributed by atoms with Gasteiger partial charge in [-0.1, -0.05) is 0 Å². The van der Waals surface area contributed by atoms with Crippen LogP contribution in [0.25, 0.3) is 11.4 Å². The van der Waals surface area contributed by atoms with E-state index in [0.29, 0.717) is 12.2 Å². The molecule has 0 spiro atoms. The summed E-state index contributed by atoms with van der Waals surface area (Å²) >= 11 is 0. The molecule has 0 radical (unpaired) electrons. The van der Waals surface area contributed by atoms with Gasteiger partial charge in [0, 0.05) is 37.4 Å². The second-order valence-electron chi connectivity index (χ2n) is 7.79. The summed E-state index contributed by atoms with van der Waals surface area (Å²) in [6.07, 6.45) is 6.55. The summed E-state index contributed by atoms with van der Waals surface area (Å²) < 4.78 is 5.99. The number of morpholine rings is 1. The molecular formula is C20H26N6O. The van der Waals surface area contributed by atoms with Crippen molar-refractivity contribution >= 4 is 17.6 Å². The number of nitrogens with two attached hydrogens (primary N) is 1. The van der Waals surface area contributed by atoms with E-state index in [1.165, 1.54) is 19.3 Å². The van der Waals surface area contributed by atoms with Crippen LogP contribution in [0.3, 0.4) is 0 Å². The largest absolute Gasteiger partial charge is 0.399 e. The van der Waals surface area contributed by atoms with Crippen LogP contribution in [-0.2, 0) is 4.74 Å². The third-order valence-corrected chi connectivity index (χ3v) is 5.75. The maximum Gasteiger partial charge on any atom is 0.230 e. The number of nitrogens with zero attached hydrogens (tertiary/aromatic N) is 5. The zero-order valence-electron chi connectivity index (χ0n) is 15.5. The number of piperidine rings is 1. The lowest BCUT2D eigenvalue weighted by molar-refractivity contribution is 0.0299. The van der Waals surface area contributed by atoms with Crippen molar-refractivity contribution in [2.24, 2.45) is 0 Å². The van der Waals surface area contributed by atoms with Gasteiger partial charge >= 0.3 is 0 Å². The van der Waals surface area contributed by atoms with Crippen LogP contribution in [0.5, 0.6) is 0 Å². The summed E-state index contributed by atoms with van der Waals surface area (Å²) in [6.45, 7) is 3.75. The molecule has 142 valence electrons. The fourth-order valence-electron chi connectivity index (χ4n) is 4.27. The molecular weight excluding hydrogens is 340 g/mol. The van der Waals surface area contributed by atoms with Gasteiger partial charge in [0.05, 0.1) is 12.2 Å². The van der Waals surface area contributed by atoms with Gasteiger partial charge in [-0.15, -0.1) is 0 Å². The van der Waals surface area contributed by atoms with Crippen LogP contribution in [0, 0.1) is 0 Å². The van der Waals surface area contributed by atoms with Gasteiger partial charge in [0.2, 0.25) is 11.9 Å². The third-order valence-electron chi connectivity index (χ3n) is 5.75. The molecule has 5 rings (SSSR count). The van der Waals surface area contributed by atoms with Crippen LogP contribution < -0.4 is 15.5 Å². The lowest BCUT2D eigenvalue weighted by Gasteiger charge is -2.33. The second kappa shape index (κ2) is 6.96. The minimum Gasteiger partial charge on any atom is -0.399 e. The maximum atomic E-state index is 5.99. The van der Waals surface area contributed by atoms with E-state index in [9.17, 15) is 0 Å². The average molecular weight is 366 g/mol. The van der Waals surface area contributed by atoms with Crippen molar-refractivity contribution in [1.82, 2.24) is 15.0 Å². The van der Waals surface area contributed by atoms with E-state index in [4.69, 9.17) is 25.4 Å². The third kappa shape index (κ3) is 3.43. The van der Waals surface area contributed by atoms with E-state index in [1.807, 2.05) is 24.3 Å². The fourth-order valence-corrected chi connectivity index (χ4v) is 4.27. The highest BCUT2D eigenvalue weighted by Crippen LogP contribution is 2.30. The SMILES string of the molecule is Nc1ccc(-c2nc(N3CCCCC3)nc(N3CC4CCC(C3)O4)n2)cc1. The lowest BCUT2D eigenvalue weighted by Crippen LogP contribution is -2.44. The Labute approximate surface area is 159 Å². The monoisotopic (exact) mass is 366 g/mol. The van der Waals surface area contributed by atoms with E-state index >= 15 is 0 Å². The first-order valence-corrected chi connectivity index (χ1v) is 10.0. The van der Waals surface area contributed by atoms with Gasteiger partial charge in [-0.05, 0) is 56.4 Å². The van der Waals surface area contributed by atoms with Gasteiger partial charge in [0.25, 0.3) is 0 Å². The molecule has 3 saturated heterocycles.